The fraction of sp³-hybridized carbons (Fsp3) is 0.364. The molecule has 2 N–H and O–H groups in total. The van der Waals surface area contributed by atoms with Crippen molar-refractivity contribution in [2.75, 3.05) is 13.1 Å². The standard InChI is InChI=1S/C22H27NO5/c1-22(2,3)28-21(26)15-23-14-19(24)17-9-11-18(12-10-17)27-20(25)13-16-7-5-4-6-8-16/h4-12,19,23-24H,13-15H2,1-3H3. The molecule has 0 aliphatic rings. The van der Waals surface area contributed by atoms with Crippen LogP contribution in [-0.2, 0) is 20.7 Å². The molecular formula is C22H27NO5. The first-order valence-corrected chi connectivity index (χ1v) is 9.18. The maximum atomic E-state index is 12.0. The van der Waals surface area contributed by atoms with Gasteiger partial charge in [0.25, 0.3) is 0 Å². The lowest BCUT2D eigenvalue weighted by Crippen LogP contribution is -2.33. The number of ether oxygens (including phenoxy) is 2. The minimum atomic E-state index is -0.795. The van der Waals surface area contributed by atoms with Crippen LogP contribution < -0.4 is 10.1 Å². The van der Waals surface area contributed by atoms with E-state index in [-0.39, 0.29) is 31.4 Å². The molecule has 0 radical (unpaired) electrons. The van der Waals surface area contributed by atoms with Crippen LogP contribution in [0.2, 0.25) is 0 Å². The fourth-order valence-electron chi connectivity index (χ4n) is 2.49. The maximum absolute atomic E-state index is 12.0. The minimum Gasteiger partial charge on any atom is -0.459 e. The third-order valence-electron chi connectivity index (χ3n) is 3.71. The molecule has 0 amide bonds. The molecule has 0 aliphatic carbocycles. The Labute approximate surface area is 165 Å². The number of aliphatic hydroxyl groups excluding tert-OH is 1. The van der Waals surface area contributed by atoms with E-state index in [1.807, 2.05) is 30.3 Å². The molecule has 0 aliphatic heterocycles. The third-order valence-corrected chi connectivity index (χ3v) is 3.71. The van der Waals surface area contributed by atoms with Crippen molar-refractivity contribution in [3.63, 3.8) is 0 Å². The molecular weight excluding hydrogens is 358 g/mol. The van der Waals surface area contributed by atoms with Crippen LogP contribution in [0.5, 0.6) is 5.75 Å². The van der Waals surface area contributed by atoms with E-state index in [4.69, 9.17) is 9.47 Å². The van der Waals surface area contributed by atoms with Crippen LogP contribution in [0.25, 0.3) is 0 Å². The molecule has 28 heavy (non-hydrogen) atoms. The Balaban J connectivity index is 1.78. The Morgan fingerprint density at radius 3 is 2.25 bits per heavy atom. The first kappa shape index (κ1) is 21.6. The summed E-state index contributed by atoms with van der Waals surface area (Å²) in [6.07, 6.45) is -0.601. The zero-order chi connectivity index (χ0) is 20.6. The summed E-state index contributed by atoms with van der Waals surface area (Å²) >= 11 is 0. The van der Waals surface area contributed by atoms with E-state index in [2.05, 4.69) is 5.32 Å². The van der Waals surface area contributed by atoms with E-state index in [1.165, 1.54) is 0 Å². The van der Waals surface area contributed by atoms with Crippen molar-refractivity contribution in [2.24, 2.45) is 0 Å². The van der Waals surface area contributed by atoms with Gasteiger partial charge in [-0.3, -0.25) is 9.59 Å². The summed E-state index contributed by atoms with van der Waals surface area (Å²) in [5, 5.41) is 13.1. The molecule has 0 heterocycles. The predicted octanol–water partition coefficient (Wildman–Crippen LogP) is 2.80. The predicted molar refractivity (Wildman–Crippen MR) is 106 cm³/mol. The van der Waals surface area contributed by atoms with Gasteiger partial charge >= 0.3 is 11.9 Å². The fourth-order valence-corrected chi connectivity index (χ4v) is 2.49. The van der Waals surface area contributed by atoms with Gasteiger partial charge in [0.05, 0.1) is 19.1 Å². The van der Waals surface area contributed by atoms with E-state index in [1.54, 1.807) is 45.0 Å². The molecule has 6 heteroatoms. The third kappa shape index (κ3) is 7.90. The van der Waals surface area contributed by atoms with Crippen LogP contribution in [0.4, 0.5) is 0 Å². The summed E-state index contributed by atoms with van der Waals surface area (Å²) in [4.78, 5) is 23.6. The highest BCUT2D eigenvalue weighted by atomic mass is 16.6. The number of carbonyl (C=O) groups excluding carboxylic acids is 2. The van der Waals surface area contributed by atoms with E-state index < -0.39 is 11.7 Å². The topological polar surface area (TPSA) is 84.9 Å². The van der Waals surface area contributed by atoms with Gasteiger partial charge < -0.3 is 19.9 Å². The van der Waals surface area contributed by atoms with E-state index in [0.29, 0.717) is 11.3 Å². The average molecular weight is 385 g/mol. The Hall–Kier alpha value is -2.70. The van der Waals surface area contributed by atoms with Crippen molar-refractivity contribution in [3.8, 4) is 5.75 Å². The van der Waals surface area contributed by atoms with Crippen LogP contribution in [0.15, 0.2) is 54.6 Å². The van der Waals surface area contributed by atoms with Crippen LogP contribution in [0.3, 0.4) is 0 Å². The monoisotopic (exact) mass is 385 g/mol. The zero-order valence-electron chi connectivity index (χ0n) is 16.5. The minimum absolute atomic E-state index is 0.0174. The molecule has 6 nitrogen and oxygen atoms in total. The lowest BCUT2D eigenvalue weighted by molar-refractivity contribution is -0.153. The van der Waals surface area contributed by atoms with Crippen molar-refractivity contribution >= 4 is 11.9 Å². The summed E-state index contributed by atoms with van der Waals surface area (Å²) in [5.41, 5.74) is 1.00. The SMILES string of the molecule is CC(C)(C)OC(=O)CNCC(O)c1ccc(OC(=O)Cc2ccccc2)cc1. The molecule has 1 atom stereocenters. The summed E-state index contributed by atoms with van der Waals surface area (Å²) in [5.74, 6) is -0.308. The Kier molecular flexibility index (Phi) is 7.72. The molecule has 150 valence electrons. The first-order chi connectivity index (χ1) is 13.2. The largest absolute Gasteiger partial charge is 0.459 e. The van der Waals surface area contributed by atoms with Crippen LogP contribution in [-0.4, -0.2) is 35.7 Å². The number of nitrogens with one attached hydrogen (secondary N) is 1. The number of hydrogen-bond donors (Lipinski definition) is 2. The lowest BCUT2D eigenvalue weighted by Gasteiger charge is -2.20. The van der Waals surface area contributed by atoms with Crippen LogP contribution in [0, 0.1) is 0 Å². The number of benzene rings is 2. The zero-order valence-corrected chi connectivity index (χ0v) is 16.5. The number of carbonyl (C=O) groups is 2. The molecule has 0 fully saturated rings. The van der Waals surface area contributed by atoms with E-state index in [0.717, 1.165) is 5.56 Å². The number of esters is 2. The molecule has 0 bridgehead atoms. The Bertz CT molecular complexity index is 766. The molecule has 0 saturated heterocycles. The Morgan fingerprint density at radius 2 is 1.64 bits per heavy atom. The quantitative estimate of drug-likeness (QED) is 0.537. The second kappa shape index (κ2) is 10.0. The summed E-state index contributed by atoms with van der Waals surface area (Å²) < 4.78 is 10.5. The van der Waals surface area contributed by atoms with Gasteiger partial charge in [0.1, 0.15) is 11.4 Å². The van der Waals surface area contributed by atoms with Gasteiger partial charge in [0.15, 0.2) is 0 Å². The summed E-state index contributed by atoms with van der Waals surface area (Å²) in [7, 11) is 0. The van der Waals surface area contributed by atoms with Gasteiger partial charge in [0, 0.05) is 6.54 Å². The van der Waals surface area contributed by atoms with Crippen molar-refractivity contribution in [2.45, 2.75) is 38.9 Å². The van der Waals surface area contributed by atoms with E-state index >= 15 is 0 Å². The van der Waals surface area contributed by atoms with Crippen molar-refractivity contribution in [1.82, 2.24) is 5.32 Å². The van der Waals surface area contributed by atoms with Gasteiger partial charge in [-0.1, -0.05) is 42.5 Å². The molecule has 2 aromatic carbocycles. The van der Waals surface area contributed by atoms with Crippen LogP contribution in [0.1, 0.15) is 38.0 Å². The van der Waals surface area contributed by atoms with Crippen molar-refractivity contribution in [1.29, 1.82) is 0 Å². The number of rotatable bonds is 8. The molecule has 1 unspecified atom stereocenters. The highest BCUT2D eigenvalue weighted by Crippen LogP contribution is 2.18. The van der Waals surface area contributed by atoms with Crippen molar-refractivity contribution in [3.05, 3.63) is 65.7 Å². The van der Waals surface area contributed by atoms with Gasteiger partial charge in [-0.2, -0.15) is 0 Å². The van der Waals surface area contributed by atoms with Crippen molar-refractivity contribution < 1.29 is 24.2 Å². The van der Waals surface area contributed by atoms with Gasteiger partial charge in [-0.05, 0) is 44.0 Å². The molecule has 2 aromatic rings. The average Bonchev–Trinajstić information content (AvgIpc) is 2.61. The number of hydrogen-bond acceptors (Lipinski definition) is 6. The summed E-state index contributed by atoms with van der Waals surface area (Å²) in [6, 6.07) is 16.0. The maximum Gasteiger partial charge on any atom is 0.320 e. The smallest absolute Gasteiger partial charge is 0.320 e. The molecule has 0 saturated carbocycles. The van der Waals surface area contributed by atoms with Gasteiger partial charge in [-0.25, -0.2) is 0 Å². The Morgan fingerprint density at radius 1 is 1.00 bits per heavy atom. The molecule has 0 aromatic heterocycles. The molecule has 2 rings (SSSR count). The lowest BCUT2D eigenvalue weighted by atomic mass is 10.1. The number of aliphatic hydroxyl groups is 1. The van der Waals surface area contributed by atoms with Gasteiger partial charge in [0.2, 0.25) is 0 Å². The van der Waals surface area contributed by atoms with Crippen LogP contribution >= 0.6 is 0 Å². The highest BCUT2D eigenvalue weighted by molar-refractivity contribution is 5.75. The first-order valence-electron chi connectivity index (χ1n) is 9.18. The van der Waals surface area contributed by atoms with Gasteiger partial charge in [-0.15, -0.1) is 0 Å². The normalized spacial score (nSPS) is 12.3. The van der Waals surface area contributed by atoms with E-state index in [9.17, 15) is 14.7 Å². The summed E-state index contributed by atoms with van der Waals surface area (Å²) in [6.45, 7) is 5.62. The second-order valence-electron chi connectivity index (χ2n) is 7.44. The highest BCUT2D eigenvalue weighted by Gasteiger charge is 2.16. The second-order valence-corrected chi connectivity index (χ2v) is 7.44. The molecule has 0 spiro atoms.